The number of carbonyl (C=O) groups excluding carboxylic acids is 2. The summed E-state index contributed by atoms with van der Waals surface area (Å²) in [5.74, 6) is 0.0294. The largest absolute Gasteiger partial charge is 0.444 e. The molecule has 1 aromatic heterocycles. The molecule has 0 spiro atoms. The quantitative estimate of drug-likeness (QED) is 0.729. The van der Waals surface area contributed by atoms with Gasteiger partial charge in [0.2, 0.25) is 0 Å². The number of fused-ring (bicyclic) bond motifs is 1. The third-order valence-electron chi connectivity index (χ3n) is 4.10. The van der Waals surface area contributed by atoms with Crippen LogP contribution in [0, 0.1) is 0 Å². The molecule has 5 heteroatoms. The average molecular weight is 345 g/mol. The first kappa shape index (κ1) is 17.0. The predicted octanol–water partition coefficient (Wildman–Crippen LogP) is 4.87. The number of nitrogens with zero attached hydrogens (tertiary/aromatic N) is 1. The van der Waals surface area contributed by atoms with E-state index in [4.69, 9.17) is 4.74 Å². The van der Waals surface area contributed by atoms with Crippen molar-refractivity contribution in [1.82, 2.24) is 4.90 Å². The maximum Gasteiger partial charge on any atom is 0.410 e. The monoisotopic (exact) mass is 345 g/mol. The second-order valence-electron chi connectivity index (χ2n) is 7.20. The van der Waals surface area contributed by atoms with Crippen LogP contribution in [0.1, 0.15) is 49.7 Å². The van der Waals surface area contributed by atoms with Gasteiger partial charge in [0.15, 0.2) is 5.78 Å². The lowest BCUT2D eigenvalue weighted by Gasteiger charge is -2.35. The molecule has 1 amide bonds. The Morgan fingerprint density at radius 2 is 1.96 bits per heavy atom. The summed E-state index contributed by atoms with van der Waals surface area (Å²) in [4.78, 5) is 27.8. The lowest BCUT2D eigenvalue weighted by molar-refractivity contribution is 0.0105. The van der Waals surface area contributed by atoms with Gasteiger partial charge in [0.05, 0.1) is 10.9 Å². The second kappa shape index (κ2) is 6.55. The Kier molecular flexibility index (Phi) is 4.63. The highest BCUT2D eigenvalue weighted by Gasteiger charge is 2.35. The number of ketones is 1. The number of hydrogen-bond acceptors (Lipinski definition) is 4. The van der Waals surface area contributed by atoms with Crippen LogP contribution in [-0.4, -0.2) is 35.0 Å². The van der Waals surface area contributed by atoms with Crippen LogP contribution in [-0.2, 0) is 4.74 Å². The number of carbonyl (C=O) groups is 2. The Morgan fingerprint density at radius 1 is 1.21 bits per heavy atom. The number of amides is 1. The second-order valence-corrected chi connectivity index (χ2v) is 8.28. The molecule has 1 saturated heterocycles. The van der Waals surface area contributed by atoms with Gasteiger partial charge in [-0.05, 0) is 57.6 Å². The maximum absolute atomic E-state index is 13.0. The van der Waals surface area contributed by atoms with Gasteiger partial charge in [-0.15, -0.1) is 11.3 Å². The summed E-state index contributed by atoms with van der Waals surface area (Å²) < 4.78 is 6.59. The lowest BCUT2D eigenvalue weighted by Crippen LogP contribution is -2.49. The molecule has 0 N–H and O–H groups in total. The van der Waals surface area contributed by atoms with E-state index >= 15 is 0 Å². The van der Waals surface area contributed by atoms with Crippen molar-refractivity contribution in [2.45, 2.75) is 51.7 Å². The summed E-state index contributed by atoms with van der Waals surface area (Å²) >= 11 is 1.50. The van der Waals surface area contributed by atoms with Gasteiger partial charge in [-0.3, -0.25) is 9.69 Å². The van der Waals surface area contributed by atoms with E-state index in [9.17, 15) is 9.59 Å². The molecular formula is C19H23NO3S. The Morgan fingerprint density at radius 3 is 2.67 bits per heavy atom. The molecule has 24 heavy (non-hydrogen) atoms. The van der Waals surface area contributed by atoms with Crippen LogP contribution >= 0.6 is 11.3 Å². The minimum atomic E-state index is -0.556. The number of likely N-dealkylation sites (tertiary alicyclic amines) is 1. The van der Waals surface area contributed by atoms with Crippen LogP contribution in [0.25, 0.3) is 10.1 Å². The van der Waals surface area contributed by atoms with Gasteiger partial charge in [-0.2, -0.15) is 0 Å². The molecule has 1 fully saturated rings. The number of piperidine rings is 1. The minimum Gasteiger partial charge on any atom is -0.444 e. The van der Waals surface area contributed by atoms with Gasteiger partial charge in [-0.25, -0.2) is 4.79 Å². The van der Waals surface area contributed by atoms with E-state index in [1.807, 2.05) is 51.1 Å². The van der Waals surface area contributed by atoms with Gasteiger partial charge in [-0.1, -0.05) is 18.2 Å². The normalized spacial score (nSPS) is 18.6. The van der Waals surface area contributed by atoms with Crippen LogP contribution < -0.4 is 0 Å². The van der Waals surface area contributed by atoms with Crippen LogP contribution in [0.2, 0.25) is 0 Å². The zero-order valence-electron chi connectivity index (χ0n) is 14.4. The Labute approximate surface area is 146 Å². The molecular weight excluding hydrogens is 322 g/mol. The Bertz CT molecular complexity index is 726. The summed E-state index contributed by atoms with van der Waals surface area (Å²) in [5, 5.41) is 1.07. The van der Waals surface area contributed by atoms with Gasteiger partial charge in [0, 0.05) is 11.2 Å². The fraction of sp³-hybridized carbons (Fsp3) is 0.474. The molecule has 0 unspecified atom stereocenters. The van der Waals surface area contributed by atoms with E-state index in [1.54, 1.807) is 4.90 Å². The third-order valence-corrected chi connectivity index (χ3v) is 5.23. The van der Waals surface area contributed by atoms with Crippen molar-refractivity contribution in [1.29, 1.82) is 0 Å². The van der Waals surface area contributed by atoms with E-state index in [-0.39, 0.29) is 11.9 Å². The lowest BCUT2D eigenvalue weighted by atomic mass is 9.98. The first-order valence-corrected chi connectivity index (χ1v) is 9.19. The number of ether oxygens (including phenoxy) is 1. The first-order valence-electron chi connectivity index (χ1n) is 8.37. The van der Waals surface area contributed by atoms with Gasteiger partial charge in [0.25, 0.3) is 0 Å². The Balaban J connectivity index is 1.84. The fourth-order valence-corrected chi connectivity index (χ4v) is 4.06. The zero-order chi connectivity index (χ0) is 17.3. The van der Waals surface area contributed by atoms with Crippen LogP contribution in [0.3, 0.4) is 0 Å². The number of benzene rings is 1. The Hall–Kier alpha value is -1.88. The number of thiophene rings is 1. The number of Topliss-reactive ketones (excluding diaryl/α,β-unsaturated/α-hetero) is 1. The van der Waals surface area contributed by atoms with E-state index in [0.29, 0.717) is 13.0 Å². The van der Waals surface area contributed by atoms with Crippen LogP contribution in [0.15, 0.2) is 30.3 Å². The highest BCUT2D eigenvalue weighted by Crippen LogP contribution is 2.30. The minimum absolute atomic E-state index is 0.0294. The van der Waals surface area contributed by atoms with Crippen molar-refractivity contribution in [2.24, 2.45) is 0 Å². The van der Waals surface area contributed by atoms with Crippen molar-refractivity contribution < 1.29 is 14.3 Å². The average Bonchev–Trinajstić information content (AvgIpc) is 2.96. The molecule has 0 bridgehead atoms. The van der Waals surface area contributed by atoms with E-state index < -0.39 is 11.6 Å². The van der Waals surface area contributed by atoms with Crippen LogP contribution in [0.5, 0.6) is 0 Å². The standard InChI is InChI=1S/C19H23NO3S/c1-19(2,3)23-18(22)20-11-7-6-9-14(20)17(21)16-12-13-8-4-5-10-15(13)24-16/h4-5,8,10,12,14H,6-7,9,11H2,1-3H3/t14-/m1/s1. The molecule has 1 aliphatic heterocycles. The molecule has 128 valence electrons. The summed E-state index contributed by atoms with van der Waals surface area (Å²) in [7, 11) is 0. The summed E-state index contributed by atoms with van der Waals surface area (Å²) in [5.41, 5.74) is -0.556. The van der Waals surface area contributed by atoms with Crippen molar-refractivity contribution >= 4 is 33.3 Å². The van der Waals surface area contributed by atoms with Crippen molar-refractivity contribution in [2.75, 3.05) is 6.54 Å². The zero-order valence-corrected chi connectivity index (χ0v) is 15.2. The van der Waals surface area contributed by atoms with E-state index in [1.165, 1.54) is 11.3 Å². The first-order chi connectivity index (χ1) is 11.3. The topological polar surface area (TPSA) is 46.6 Å². The maximum atomic E-state index is 13.0. The highest BCUT2D eigenvalue weighted by molar-refractivity contribution is 7.20. The molecule has 0 saturated carbocycles. The molecule has 1 atom stereocenters. The van der Waals surface area contributed by atoms with Gasteiger partial charge in [0.1, 0.15) is 5.60 Å². The molecule has 1 aromatic carbocycles. The number of hydrogen-bond donors (Lipinski definition) is 0. The summed E-state index contributed by atoms with van der Waals surface area (Å²) in [6.07, 6.45) is 2.18. The third kappa shape index (κ3) is 3.61. The van der Waals surface area contributed by atoms with Crippen LogP contribution in [0.4, 0.5) is 4.79 Å². The fourth-order valence-electron chi connectivity index (χ4n) is 3.01. The molecule has 0 aliphatic carbocycles. The molecule has 1 aliphatic rings. The SMILES string of the molecule is CC(C)(C)OC(=O)N1CCCC[C@@H]1C(=O)c1cc2ccccc2s1. The molecule has 4 nitrogen and oxygen atoms in total. The molecule has 0 radical (unpaired) electrons. The molecule has 3 rings (SSSR count). The van der Waals surface area contributed by atoms with Crippen molar-refractivity contribution in [3.05, 3.63) is 35.2 Å². The molecule has 2 aromatic rings. The number of rotatable bonds is 2. The molecule has 2 heterocycles. The predicted molar refractivity (Wildman–Crippen MR) is 96.7 cm³/mol. The van der Waals surface area contributed by atoms with Crippen molar-refractivity contribution in [3.8, 4) is 0 Å². The van der Waals surface area contributed by atoms with E-state index in [2.05, 4.69) is 0 Å². The van der Waals surface area contributed by atoms with Gasteiger partial charge >= 0.3 is 6.09 Å². The summed E-state index contributed by atoms with van der Waals surface area (Å²) in [6.45, 7) is 6.11. The smallest absolute Gasteiger partial charge is 0.410 e. The highest BCUT2D eigenvalue weighted by atomic mass is 32.1. The van der Waals surface area contributed by atoms with Gasteiger partial charge < -0.3 is 4.74 Å². The van der Waals surface area contributed by atoms with Crippen molar-refractivity contribution in [3.63, 3.8) is 0 Å². The van der Waals surface area contributed by atoms with E-state index in [0.717, 1.165) is 27.8 Å². The summed E-state index contributed by atoms with van der Waals surface area (Å²) in [6, 6.07) is 9.49.